The Bertz CT molecular complexity index is 627. The Balaban J connectivity index is 2.02. The fourth-order valence-electron chi connectivity index (χ4n) is 2.65. The van der Waals surface area contributed by atoms with Crippen LogP contribution in [0, 0.1) is 0 Å². The van der Waals surface area contributed by atoms with Crippen LogP contribution in [0.2, 0.25) is 0 Å². The van der Waals surface area contributed by atoms with Crippen LogP contribution < -0.4 is 5.32 Å². The van der Waals surface area contributed by atoms with Crippen molar-refractivity contribution in [1.82, 2.24) is 15.1 Å². The molecule has 0 aromatic carbocycles. The summed E-state index contributed by atoms with van der Waals surface area (Å²) in [7, 11) is 0. The van der Waals surface area contributed by atoms with Crippen molar-refractivity contribution in [3.05, 3.63) is 60.2 Å². The summed E-state index contributed by atoms with van der Waals surface area (Å²) in [6.07, 6.45) is 10.2. The molecule has 2 rings (SSSR count). The SMILES string of the molecule is C=C(C/C=C(\C)F)/C(C)=C/C(=C)c1cnn(C2CCNCC2)c1. The van der Waals surface area contributed by atoms with E-state index in [0.717, 1.165) is 48.2 Å². The minimum Gasteiger partial charge on any atom is -0.317 e. The monoisotopic (exact) mass is 315 g/mol. The first-order valence-corrected chi connectivity index (χ1v) is 8.10. The summed E-state index contributed by atoms with van der Waals surface area (Å²) in [6, 6.07) is 0.468. The molecule has 0 radical (unpaired) electrons. The summed E-state index contributed by atoms with van der Waals surface area (Å²) in [6.45, 7) is 13.6. The summed E-state index contributed by atoms with van der Waals surface area (Å²) >= 11 is 0. The van der Waals surface area contributed by atoms with Gasteiger partial charge in [0.25, 0.3) is 0 Å². The molecule has 0 spiro atoms. The van der Waals surface area contributed by atoms with Crippen LogP contribution in [0.4, 0.5) is 4.39 Å². The molecule has 23 heavy (non-hydrogen) atoms. The van der Waals surface area contributed by atoms with Crippen LogP contribution in [-0.4, -0.2) is 22.9 Å². The van der Waals surface area contributed by atoms with Crippen LogP contribution in [0.15, 0.2) is 54.7 Å². The van der Waals surface area contributed by atoms with E-state index in [-0.39, 0.29) is 5.83 Å². The molecule has 1 aromatic rings. The van der Waals surface area contributed by atoms with Gasteiger partial charge in [0.05, 0.1) is 18.1 Å². The lowest BCUT2D eigenvalue weighted by molar-refractivity contribution is 0.343. The van der Waals surface area contributed by atoms with Gasteiger partial charge in [-0.1, -0.05) is 19.2 Å². The van der Waals surface area contributed by atoms with Crippen LogP contribution in [-0.2, 0) is 0 Å². The number of hydrogen-bond donors (Lipinski definition) is 1. The van der Waals surface area contributed by atoms with Gasteiger partial charge >= 0.3 is 0 Å². The van der Waals surface area contributed by atoms with E-state index in [0.29, 0.717) is 12.5 Å². The first-order chi connectivity index (χ1) is 11.0. The van der Waals surface area contributed by atoms with Crippen molar-refractivity contribution in [3.8, 4) is 0 Å². The molecule has 0 aliphatic carbocycles. The maximum Gasteiger partial charge on any atom is 0.0932 e. The molecular formula is C19H26FN3. The fourth-order valence-corrected chi connectivity index (χ4v) is 2.65. The van der Waals surface area contributed by atoms with Gasteiger partial charge in [0.1, 0.15) is 0 Å². The van der Waals surface area contributed by atoms with Gasteiger partial charge in [-0.25, -0.2) is 4.39 Å². The highest BCUT2D eigenvalue weighted by atomic mass is 19.1. The van der Waals surface area contributed by atoms with Gasteiger partial charge in [-0.15, -0.1) is 0 Å². The van der Waals surface area contributed by atoms with E-state index in [1.807, 2.05) is 19.2 Å². The van der Waals surface area contributed by atoms with Gasteiger partial charge in [-0.2, -0.15) is 5.10 Å². The Hall–Kier alpha value is -1.94. The van der Waals surface area contributed by atoms with E-state index in [4.69, 9.17) is 0 Å². The number of allylic oxidation sites excluding steroid dienone is 6. The Morgan fingerprint density at radius 3 is 2.74 bits per heavy atom. The second-order valence-corrected chi connectivity index (χ2v) is 6.14. The lowest BCUT2D eigenvalue weighted by Crippen LogP contribution is -2.29. The van der Waals surface area contributed by atoms with Crippen molar-refractivity contribution in [2.24, 2.45) is 0 Å². The summed E-state index contributed by atoms with van der Waals surface area (Å²) in [4.78, 5) is 0. The van der Waals surface area contributed by atoms with Crippen molar-refractivity contribution >= 4 is 5.57 Å². The second-order valence-electron chi connectivity index (χ2n) is 6.14. The van der Waals surface area contributed by atoms with E-state index in [1.54, 1.807) is 0 Å². The molecule has 1 fully saturated rings. The largest absolute Gasteiger partial charge is 0.317 e. The molecule has 1 aliphatic rings. The molecule has 124 valence electrons. The number of rotatable bonds is 6. The van der Waals surface area contributed by atoms with Gasteiger partial charge in [0.15, 0.2) is 0 Å². The molecule has 1 aliphatic heterocycles. The summed E-state index contributed by atoms with van der Waals surface area (Å²) in [5.74, 6) is -0.180. The molecule has 3 nitrogen and oxygen atoms in total. The summed E-state index contributed by atoms with van der Waals surface area (Å²) < 4.78 is 14.8. The smallest absolute Gasteiger partial charge is 0.0932 e. The molecule has 0 amide bonds. The van der Waals surface area contributed by atoms with Gasteiger partial charge in [-0.3, -0.25) is 4.68 Å². The highest BCUT2D eigenvalue weighted by Gasteiger charge is 2.15. The topological polar surface area (TPSA) is 29.9 Å². The van der Waals surface area contributed by atoms with Crippen LogP contribution in [0.3, 0.4) is 0 Å². The lowest BCUT2D eigenvalue weighted by atomic mass is 10.0. The third-order valence-corrected chi connectivity index (χ3v) is 4.23. The number of nitrogens with zero attached hydrogens (tertiary/aromatic N) is 2. The van der Waals surface area contributed by atoms with Gasteiger partial charge in [-0.05, 0) is 69.0 Å². The van der Waals surface area contributed by atoms with E-state index in [1.165, 1.54) is 13.0 Å². The van der Waals surface area contributed by atoms with E-state index in [9.17, 15) is 4.39 Å². The number of piperidine rings is 1. The predicted octanol–water partition coefficient (Wildman–Crippen LogP) is 4.59. The average molecular weight is 315 g/mol. The molecule has 0 unspecified atom stereocenters. The van der Waals surface area contributed by atoms with Crippen molar-refractivity contribution in [2.45, 2.75) is 39.2 Å². The Kier molecular flexibility index (Phi) is 6.11. The average Bonchev–Trinajstić information content (AvgIpc) is 3.03. The van der Waals surface area contributed by atoms with Gasteiger partial charge in [0.2, 0.25) is 0 Å². The first-order valence-electron chi connectivity index (χ1n) is 8.10. The highest BCUT2D eigenvalue weighted by Crippen LogP contribution is 2.23. The fraction of sp³-hybridized carbons (Fsp3) is 0.421. The Morgan fingerprint density at radius 1 is 1.39 bits per heavy atom. The zero-order valence-electron chi connectivity index (χ0n) is 14.1. The maximum atomic E-state index is 12.8. The third kappa shape index (κ3) is 5.03. The zero-order valence-corrected chi connectivity index (χ0v) is 14.1. The van der Waals surface area contributed by atoms with Crippen LogP contribution >= 0.6 is 0 Å². The molecular weight excluding hydrogens is 289 g/mol. The standard InChI is InChI=1S/C19H26FN3/c1-14(5-6-17(4)20)15(2)11-16(3)18-12-22-23(13-18)19-7-9-21-10-8-19/h6,11-13,19,21H,1,3,5,7-10H2,2,4H3/b15-11+,17-6+. The molecule has 1 saturated heterocycles. The van der Waals surface area contributed by atoms with Crippen molar-refractivity contribution in [3.63, 3.8) is 0 Å². The predicted molar refractivity (Wildman–Crippen MR) is 94.8 cm³/mol. The summed E-state index contributed by atoms with van der Waals surface area (Å²) in [5, 5.41) is 7.85. The number of aromatic nitrogens is 2. The minimum absolute atomic E-state index is 0.180. The van der Waals surface area contributed by atoms with Gasteiger partial charge in [0, 0.05) is 11.8 Å². The normalized spacial score (nSPS) is 17.3. The first kappa shape index (κ1) is 17.4. The van der Waals surface area contributed by atoms with Crippen LogP contribution in [0.5, 0.6) is 0 Å². The molecule has 0 atom stereocenters. The molecule has 2 heterocycles. The second kappa shape index (κ2) is 8.06. The van der Waals surface area contributed by atoms with Crippen molar-refractivity contribution in [1.29, 1.82) is 0 Å². The van der Waals surface area contributed by atoms with E-state index in [2.05, 4.69) is 34.5 Å². The molecule has 1 N–H and O–H groups in total. The molecule has 1 aromatic heterocycles. The number of hydrogen-bond acceptors (Lipinski definition) is 2. The Morgan fingerprint density at radius 2 is 2.09 bits per heavy atom. The Labute approximate surface area is 138 Å². The maximum absolute atomic E-state index is 12.8. The van der Waals surface area contributed by atoms with Crippen molar-refractivity contribution < 1.29 is 4.39 Å². The third-order valence-electron chi connectivity index (χ3n) is 4.23. The van der Waals surface area contributed by atoms with Gasteiger partial charge < -0.3 is 5.32 Å². The number of halogens is 1. The minimum atomic E-state index is -0.180. The molecule has 0 bridgehead atoms. The van der Waals surface area contributed by atoms with Crippen LogP contribution in [0.25, 0.3) is 5.57 Å². The van der Waals surface area contributed by atoms with Crippen molar-refractivity contribution in [2.75, 3.05) is 13.1 Å². The summed E-state index contributed by atoms with van der Waals surface area (Å²) in [5.41, 5.74) is 3.84. The van der Waals surface area contributed by atoms with E-state index >= 15 is 0 Å². The van der Waals surface area contributed by atoms with Crippen LogP contribution in [0.1, 0.15) is 44.7 Å². The van der Waals surface area contributed by atoms with E-state index < -0.39 is 0 Å². The molecule has 4 heteroatoms. The lowest BCUT2D eigenvalue weighted by Gasteiger charge is -2.22. The molecule has 0 saturated carbocycles. The quantitative estimate of drug-likeness (QED) is 0.778. The zero-order chi connectivity index (χ0) is 16.8. The number of nitrogens with one attached hydrogen (secondary N) is 1. The highest BCUT2D eigenvalue weighted by molar-refractivity contribution is 5.72.